The van der Waals surface area contributed by atoms with Crippen LogP contribution in [0.3, 0.4) is 0 Å². The molecular weight excluding hydrogens is 494 g/mol. The molecule has 4 aromatic rings. The topological polar surface area (TPSA) is 102 Å². The molecule has 0 aliphatic carbocycles. The van der Waals surface area contributed by atoms with Crippen molar-refractivity contribution in [1.29, 1.82) is 0 Å². The molecule has 0 radical (unpaired) electrons. The Kier molecular flexibility index (Phi) is 7.03. The number of hydrogen-bond acceptors (Lipinski definition) is 6. The molecule has 8 nitrogen and oxygen atoms in total. The van der Waals surface area contributed by atoms with Gasteiger partial charge in [0, 0.05) is 10.0 Å². The monoisotopic (exact) mass is 511 g/mol. The Morgan fingerprint density at radius 1 is 0.969 bits per heavy atom. The molecule has 0 fully saturated rings. The summed E-state index contributed by atoms with van der Waals surface area (Å²) in [7, 11) is 0. The van der Waals surface area contributed by atoms with Crippen molar-refractivity contribution in [3.8, 4) is 11.6 Å². The number of halogens is 1. The molecule has 0 unspecified atom stereocenters. The van der Waals surface area contributed by atoms with Gasteiger partial charge >= 0.3 is 0 Å². The molecule has 2 amide bonds. The van der Waals surface area contributed by atoms with E-state index in [-0.39, 0.29) is 11.7 Å². The molecule has 0 aliphatic heterocycles. The van der Waals surface area contributed by atoms with E-state index in [0.717, 1.165) is 10.0 Å². The highest BCUT2D eigenvalue weighted by Crippen LogP contribution is 2.25. The van der Waals surface area contributed by atoms with Crippen molar-refractivity contribution in [3.05, 3.63) is 88.6 Å². The Morgan fingerprint density at radius 2 is 1.75 bits per heavy atom. The van der Waals surface area contributed by atoms with E-state index in [1.54, 1.807) is 36.6 Å². The van der Waals surface area contributed by atoms with Gasteiger partial charge in [-0.05, 0) is 42.0 Å². The van der Waals surface area contributed by atoms with Crippen molar-refractivity contribution in [2.75, 3.05) is 5.75 Å². The first kappa shape index (κ1) is 21.8. The van der Waals surface area contributed by atoms with Gasteiger partial charge in [-0.1, -0.05) is 58.0 Å². The fourth-order valence-corrected chi connectivity index (χ4v) is 3.86. The number of rotatable bonds is 7. The average Bonchev–Trinajstić information content (AvgIpc) is 3.47. The first-order valence-corrected chi connectivity index (χ1v) is 11.4. The highest BCUT2D eigenvalue weighted by Gasteiger charge is 2.18. The Labute approximate surface area is 196 Å². The Balaban J connectivity index is 1.40. The maximum Gasteiger partial charge on any atom is 0.269 e. The van der Waals surface area contributed by atoms with E-state index < -0.39 is 5.91 Å². The van der Waals surface area contributed by atoms with Gasteiger partial charge in [-0.15, -0.1) is 10.2 Å². The van der Waals surface area contributed by atoms with Gasteiger partial charge in [0.1, 0.15) is 0 Å². The highest BCUT2D eigenvalue weighted by molar-refractivity contribution is 9.10. The summed E-state index contributed by atoms with van der Waals surface area (Å²) < 4.78 is 8.25. The lowest BCUT2D eigenvalue weighted by Gasteiger charge is -2.10. The summed E-state index contributed by atoms with van der Waals surface area (Å²) in [6.45, 7) is 0.522. The van der Waals surface area contributed by atoms with Crippen LogP contribution in [0.15, 0.2) is 87.0 Å². The molecule has 0 aliphatic rings. The summed E-state index contributed by atoms with van der Waals surface area (Å²) in [5, 5.41) is 9.05. The lowest BCUT2D eigenvalue weighted by Crippen LogP contribution is -2.42. The maximum absolute atomic E-state index is 12.3. The normalized spacial score (nSPS) is 10.7. The third kappa shape index (κ3) is 5.45. The average molecular weight is 512 g/mol. The number of thioether (sulfide) groups is 1. The summed E-state index contributed by atoms with van der Waals surface area (Å²) in [5.41, 5.74) is 6.33. The quantitative estimate of drug-likeness (QED) is 0.288. The zero-order valence-corrected chi connectivity index (χ0v) is 19.1. The van der Waals surface area contributed by atoms with Crippen LogP contribution in [-0.2, 0) is 11.3 Å². The third-order valence-electron chi connectivity index (χ3n) is 4.40. The van der Waals surface area contributed by atoms with Crippen molar-refractivity contribution in [3.63, 3.8) is 0 Å². The summed E-state index contributed by atoms with van der Waals surface area (Å²) >= 11 is 4.54. The predicted octanol–water partition coefficient (Wildman–Crippen LogP) is 3.90. The largest absolute Gasteiger partial charge is 0.461 e. The minimum absolute atomic E-state index is 0.0473. The molecule has 0 spiro atoms. The standard InChI is InChI=1S/C22H18BrN5O3S/c23-17-10-8-16(9-11-17)21(30)26-24-19(29)14-32-22-27-25-20(18-7-4-12-31-18)28(22)13-15-5-2-1-3-6-15/h1-12H,13-14H2,(H,24,29)(H,26,30). The van der Waals surface area contributed by atoms with E-state index in [9.17, 15) is 9.59 Å². The summed E-state index contributed by atoms with van der Waals surface area (Å²) in [4.78, 5) is 24.4. The van der Waals surface area contributed by atoms with Gasteiger partial charge in [0.15, 0.2) is 10.9 Å². The van der Waals surface area contributed by atoms with Gasteiger partial charge in [-0.25, -0.2) is 0 Å². The molecule has 2 aromatic heterocycles. The molecule has 162 valence electrons. The fraction of sp³-hybridized carbons (Fsp3) is 0.0909. The van der Waals surface area contributed by atoms with Gasteiger partial charge in [0.2, 0.25) is 11.7 Å². The van der Waals surface area contributed by atoms with Gasteiger partial charge < -0.3 is 4.42 Å². The molecule has 0 bridgehead atoms. The zero-order valence-electron chi connectivity index (χ0n) is 16.7. The molecule has 0 saturated carbocycles. The highest BCUT2D eigenvalue weighted by atomic mass is 79.9. The minimum atomic E-state index is -0.400. The molecule has 2 aromatic carbocycles. The lowest BCUT2D eigenvalue weighted by atomic mass is 10.2. The number of carbonyl (C=O) groups excluding carboxylic acids is 2. The van der Waals surface area contributed by atoms with Crippen molar-refractivity contribution in [2.24, 2.45) is 0 Å². The van der Waals surface area contributed by atoms with Crippen LogP contribution in [0.5, 0.6) is 0 Å². The molecular formula is C22H18BrN5O3S. The van der Waals surface area contributed by atoms with Crippen LogP contribution in [0.1, 0.15) is 15.9 Å². The van der Waals surface area contributed by atoms with Crippen molar-refractivity contribution >= 4 is 39.5 Å². The summed E-state index contributed by atoms with van der Waals surface area (Å²) in [5.74, 6) is 0.445. The van der Waals surface area contributed by atoms with E-state index in [0.29, 0.717) is 28.8 Å². The second-order valence-corrected chi connectivity index (χ2v) is 8.51. The Hall–Kier alpha value is -3.37. The first-order chi connectivity index (χ1) is 15.6. The van der Waals surface area contributed by atoms with Crippen molar-refractivity contribution < 1.29 is 14.0 Å². The number of nitrogens with zero attached hydrogens (tertiary/aromatic N) is 3. The van der Waals surface area contributed by atoms with Gasteiger partial charge in [-0.3, -0.25) is 25.0 Å². The van der Waals surface area contributed by atoms with Crippen LogP contribution in [-0.4, -0.2) is 32.3 Å². The Morgan fingerprint density at radius 3 is 2.47 bits per heavy atom. The number of furan rings is 1. The van der Waals surface area contributed by atoms with Crippen LogP contribution in [0.4, 0.5) is 0 Å². The number of amides is 2. The van der Waals surface area contributed by atoms with E-state index >= 15 is 0 Å². The van der Waals surface area contributed by atoms with E-state index in [4.69, 9.17) is 4.42 Å². The van der Waals surface area contributed by atoms with Crippen molar-refractivity contribution in [1.82, 2.24) is 25.6 Å². The maximum atomic E-state index is 12.3. The van der Waals surface area contributed by atoms with E-state index in [1.807, 2.05) is 41.0 Å². The second-order valence-electron chi connectivity index (χ2n) is 6.65. The summed E-state index contributed by atoms with van der Waals surface area (Å²) in [6, 6.07) is 20.3. The van der Waals surface area contributed by atoms with Crippen LogP contribution in [0, 0.1) is 0 Å². The molecule has 4 rings (SSSR count). The molecule has 10 heteroatoms. The number of hydrazine groups is 1. The van der Waals surface area contributed by atoms with Gasteiger partial charge in [-0.2, -0.15) is 0 Å². The molecule has 32 heavy (non-hydrogen) atoms. The summed E-state index contributed by atoms with van der Waals surface area (Å²) in [6.07, 6.45) is 1.57. The Bertz CT molecular complexity index is 1190. The fourth-order valence-electron chi connectivity index (χ4n) is 2.86. The number of aromatic nitrogens is 3. The minimum Gasteiger partial charge on any atom is -0.461 e. The van der Waals surface area contributed by atoms with Crippen molar-refractivity contribution in [2.45, 2.75) is 11.7 Å². The third-order valence-corrected chi connectivity index (χ3v) is 5.89. The predicted molar refractivity (Wildman–Crippen MR) is 124 cm³/mol. The number of hydrogen-bond donors (Lipinski definition) is 2. The van der Waals surface area contributed by atoms with Gasteiger partial charge in [0.05, 0.1) is 18.6 Å². The second kappa shape index (κ2) is 10.3. The molecule has 0 saturated heterocycles. The van der Waals surface area contributed by atoms with Crippen LogP contribution in [0.2, 0.25) is 0 Å². The van der Waals surface area contributed by atoms with Crippen LogP contribution >= 0.6 is 27.7 Å². The number of benzene rings is 2. The van der Waals surface area contributed by atoms with E-state index in [1.165, 1.54) is 11.8 Å². The van der Waals surface area contributed by atoms with Gasteiger partial charge in [0.25, 0.3) is 5.91 Å². The zero-order chi connectivity index (χ0) is 22.3. The first-order valence-electron chi connectivity index (χ1n) is 9.59. The SMILES string of the molecule is O=C(CSc1nnc(-c2ccco2)n1Cc1ccccc1)NNC(=O)c1ccc(Br)cc1. The molecule has 2 heterocycles. The molecule has 0 atom stereocenters. The van der Waals surface area contributed by atoms with Crippen LogP contribution in [0.25, 0.3) is 11.6 Å². The lowest BCUT2D eigenvalue weighted by molar-refractivity contribution is -0.119. The molecule has 2 N–H and O–H groups in total. The van der Waals surface area contributed by atoms with E-state index in [2.05, 4.69) is 37.0 Å². The van der Waals surface area contributed by atoms with Crippen LogP contribution < -0.4 is 10.9 Å². The smallest absolute Gasteiger partial charge is 0.269 e. The number of nitrogens with one attached hydrogen (secondary N) is 2. The number of carbonyl (C=O) groups is 2.